The monoisotopic (exact) mass is 287 g/mol. The van der Waals surface area contributed by atoms with Gasteiger partial charge >= 0.3 is 0 Å². The summed E-state index contributed by atoms with van der Waals surface area (Å²) in [6, 6.07) is 17.6. The molecule has 0 spiro atoms. The highest BCUT2D eigenvalue weighted by Gasteiger charge is 2.21. The Hall–Kier alpha value is -1.45. The maximum Gasteiger partial charge on any atom is 0.0577 e. The van der Waals surface area contributed by atoms with Gasteiger partial charge in [-0.15, -0.1) is 0 Å². The van der Waals surface area contributed by atoms with Crippen molar-refractivity contribution in [3.05, 3.63) is 65.7 Å². The third kappa shape index (κ3) is 3.35. The summed E-state index contributed by atoms with van der Waals surface area (Å²) in [4.78, 5) is 0.834. The molecule has 0 radical (unpaired) electrons. The maximum absolute atomic E-state index is 12.5. The lowest BCUT2D eigenvalue weighted by atomic mass is 10.0. The molecular formula is C17H21NOS. The summed E-state index contributed by atoms with van der Waals surface area (Å²) < 4.78 is 12.5. The molecule has 0 aromatic heterocycles. The summed E-state index contributed by atoms with van der Waals surface area (Å²) in [7, 11) is -1.09. The van der Waals surface area contributed by atoms with E-state index in [0.717, 1.165) is 16.9 Å². The molecule has 3 unspecified atom stereocenters. The molecule has 0 amide bonds. The Morgan fingerprint density at radius 1 is 1.05 bits per heavy atom. The van der Waals surface area contributed by atoms with Crippen molar-refractivity contribution in [2.45, 2.75) is 36.5 Å². The standard InChI is InChI=1S/C17H21NOS/c1-3-14-9-11-15(12-10-14)17(18)13(2)20(19)16-7-5-4-6-8-16/h4-13,17H,3,18H2,1-2H3. The molecule has 2 aromatic carbocycles. The van der Waals surface area contributed by atoms with Gasteiger partial charge in [0.2, 0.25) is 0 Å². The summed E-state index contributed by atoms with van der Waals surface area (Å²) >= 11 is 0. The van der Waals surface area contributed by atoms with Crippen LogP contribution in [-0.2, 0) is 17.2 Å². The molecular weight excluding hydrogens is 266 g/mol. The van der Waals surface area contributed by atoms with E-state index < -0.39 is 10.8 Å². The summed E-state index contributed by atoms with van der Waals surface area (Å²) in [5.41, 5.74) is 8.61. The highest BCUT2D eigenvalue weighted by atomic mass is 32.2. The molecule has 0 aliphatic rings. The summed E-state index contributed by atoms with van der Waals surface area (Å²) in [5, 5.41) is -0.120. The number of hydrogen-bond donors (Lipinski definition) is 1. The van der Waals surface area contributed by atoms with E-state index in [9.17, 15) is 4.21 Å². The minimum atomic E-state index is -1.09. The van der Waals surface area contributed by atoms with Gasteiger partial charge in [-0.2, -0.15) is 0 Å². The smallest absolute Gasteiger partial charge is 0.0577 e. The van der Waals surface area contributed by atoms with Crippen molar-refractivity contribution in [1.29, 1.82) is 0 Å². The van der Waals surface area contributed by atoms with Crippen LogP contribution in [0.25, 0.3) is 0 Å². The molecule has 0 heterocycles. The van der Waals surface area contributed by atoms with Crippen molar-refractivity contribution in [2.75, 3.05) is 0 Å². The Kier molecular flexibility index (Phi) is 5.10. The molecule has 106 valence electrons. The van der Waals surface area contributed by atoms with E-state index in [1.54, 1.807) is 0 Å². The maximum atomic E-state index is 12.5. The van der Waals surface area contributed by atoms with Crippen molar-refractivity contribution < 1.29 is 4.21 Å². The van der Waals surface area contributed by atoms with Crippen LogP contribution < -0.4 is 5.73 Å². The fraction of sp³-hybridized carbons (Fsp3) is 0.294. The van der Waals surface area contributed by atoms with Gasteiger partial charge in [0.25, 0.3) is 0 Å². The summed E-state index contributed by atoms with van der Waals surface area (Å²) in [5.74, 6) is 0. The molecule has 0 bridgehead atoms. The second-order valence-electron chi connectivity index (χ2n) is 4.94. The van der Waals surface area contributed by atoms with Crippen molar-refractivity contribution in [1.82, 2.24) is 0 Å². The van der Waals surface area contributed by atoms with E-state index in [0.29, 0.717) is 0 Å². The largest absolute Gasteiger partial charge is 0.323 e. The Morgan fingerprint density at radius 2 is 1.65 bits per heavy atom. The number of nitrogens with two attached hydrogens (primary N) is 1. The van der Waals surface area contributed by atoms with Gasteiger partial charge in [-0.05, 0) is 36.6 Å². The molecule has 20 heavy (non-hydrogen) atoms. The van der Waals surface area contributed by atoms with Gasteiger partial charge in [0.1, 0.15) is 0 Å². The van der Waals surface area contributed by atoms with Crippen LogP contribution in [0, 0.1) is 0 Å². The first-order chi connectivity index (χ1) is 9.63. The van der Waals surface area contributed by atoms with Crippen molar-refractivity contribution in [3.8, 4) is 0 Å². The molecule has 0 aliphatic heterocycles. The van der Waals surface area contributed by atoms with Crippen LogP contribution in [0.15, 0.2) is 59.5 Å². The van der Waals surface area contributed by atoms with Crippen molar-refractivity contribution in [3.63, 3.8) is 0 Å². The van der Waals surface area contributed by atoms with E-state index in [1.807, 2.05) is 49.4 Å². The second-order valence-corrected chi connectivity index (χ2v) is 6.75. The highest BCUT2D eigenvalue weighted by molar-refractivity contribution is 7.85. The zero-order valence-electron chi connectivity index (χ0n) is 12.0. The van der Waals surface area contributed by atoms with Crippen molar-refractivity contribution >= 4 is 10.8 Å². The van der Waals surface area contributed by atoms with E-state index in [2.05, 4.69) is 19.1 Å². The molecule has 2 aromatic rings. The van der Waals surface area contributed by atoms with Crippen LogP contribution in [0.1, 0.15) is 31.0 Å². The third-order valence-corrected chi connectivity index (χ3v) is 5.30. The van der Waals surface area contributed by atoms with Crippen LogP contribution in [0.3, 0.4) is 0 Å². The first kappa shape index (κ1) is 14.9. The van der Waals surface area contributed by atoms with Crippen LogP contribution in [0.4, 0.5) is 0 Å². The molecule has 0 fully saturated rings. The topological polar surface area (TPSA) is 43.1 Å². The van der Waals surface area contributed by atoms with E-state index in [1.165, 1.54) is 5.56 Å². The first-order valence-corrected chi connectivity index (χ1v) is 8.14. The third-order valence-electron chi connectivity index (χ3n) is 3.59. The summed E-state index contributed by atoms with van der Waals surface area (Å²) in [6.07, 6.45) is 1.01. The number of aryl methyl sites for hydroxylation is 1. The van der Waals surface area contributed by atoms with Gasteiger partial charge in [-0.3, -0.25) is 4.21 Å². The average Bonchev–Trinajstić information content (AvgIpc) is 2.53. The minimum absolute atomic E-state index is 0.120. The van der Waals surface area contributed by atoms with Gasteiger partial charge in [0.15, 0.2) is 0 Å². The van der Waals surface area contributed by atoms with Gasteiger partial charge in [0, 0.05) is 10.9 Å². The SMILES string of the molecule is CCc1ccc(C(N)C(C)S(=O)c2ccccc2)cc1. The lowest BCUT2D eigenvalue weighted by Gasteiger charge is -2.20. The van der Waals surface area contributed by atoms with Gasteiger partial charge in [-0.25, -0.2) is 0 Å². The number of hydrogen-bond acceptors (Lipinski definition) is 2. The fourth-order valence-corrected chi connectivity index (χ4v) is 3.43. The van der Waals surface area contributed by atoms with E-state index >= 15 is 0 Å². The molecule has 0 saturated heterocycles. The zero-order valence-corrected chi connectivity index (χ0v) is 12.8. The Balaban J connectivity index is 2.15. The Morgan fingerprint density at radius 3 is 2.20 bits per heavy atom. The van der Waals surface area contributed by atoms with E-state index in [4.69, 9.17) is 5.73 Å². The lowest BCUT2D eigenvalue weighted by molar-refractivity contribution is 0.643. The predicted molar refractivity (Wildman–Crippen MR) is 85.1 cm³/mol. The average molecular weight is 287 g/mol. The van der Waals surface area contributed by atoms with Crippen LogP contribution in [0.2, 0.25) is 0 Å². The zero-order chi connectivity index (χ0) is 14.5. The fourth-order valence-electron chi connectivity index (χ4n) is 2.15. The van der Waals surface area contributed by atoms with Crippen molar-refractivity contribution in [2.24, 2.45) is 5.73 Å². The second kappa shape index (κ2) is 6.82. The highest BCUT2D eigenvalue weighted by Crippen LogP contribution is 2.22. The van der Waals surface area contributed by atoms with Gasteiger partial charge in [0.05, 0.1) is 16.0 Å². The lowest BCUT2D eigenvalue weighted by Crippen LogP contribution is -2.27. The quantitative estimate of drug-likeness (QED) is 0.915. The molecule has 2 N–H and O–H groups in total. The minimum Gasteiger partial charge on any atom is -0.323 e. The number of rotatable bonds is 5. The van der Waals surface area contributed by atoms with Crippen LogP contribution in [0.5, 0.6) is 0 Å². The summed E-state index contributed by atoms with van der Waals surface area (Å²) in [6.45, 7) is 4.07. The Bertz CT molecular complexity index is 565. The molecule has 0 aliphatic carbocycles. The Labute approximate surface area is 123 Å². The molecule has 2 rings (SSSR count). The van der Waals surface area contributed by atoms with Gasteiger partial charge in [-0.1, -0.05) is 49.4 Å². The molecule has 3 heteroatoms. The first-order valence-electron chi connectivity index (χ1n) is 6.93. The van der Waals surface area contributed by atoms with Crippen LogP contribution >= 0.6 is 0 Å². The number of benzene rings is 2. The molecule has 0 saturated carbocycles. The molecule has 2 nitrogen and oxygen atoms in total. The van der Waals surface area contributed by atoms with E-state index in [-0.39, 0.29) is 11.3 Å². The van der Waals surface area contributed by atoms with Crippen LogP contribution in [-0.4, -0.2) is 9.46 Å². The van der Waals surface area contributed by atoms with Gasteiger partial charge < -0.3 is 5.73 Å². The molecule has 3 atom stereocenters. The normalized spacial score (nSPS) is 15.6. The predicted octanol–water partition coefficient (Wildman–Crippen LogP) is 3.45.